The van der Waals surface area contributed by atoms with E-state index in [-0.39, 0.29) is 23.1 Å². The molecule has 4 aliphatic carbocycles. The van der Waals surface area contributed by atoms with Crippen molar-refractivity contribution in [1.82, 2.24) is 0 Å². The molecule has 0 amide bonds. The van der Waals surface area contributed by atoms with Gasteiger partial charge in [-0.3, -0.25) is 24.0 Å². The predicted octanol–water partition coefficient (Wildman–Crippen LogP) is 2.39. The fourth-order valence-electron chi connectivity index (χ4n) is 8.91. The average molecular weight is 671 g/mol. The van der Waals surface area contributed by atoms with Gasteiger partial charge in [-0.2, -0.15) is 0 Å². The van der Waals surface area contributed by atoms with Gasteiger partial charge in [-0.25, -0.2) is 4.79 Å². The van der Waals surface area contributed by atoms with Crippen LogP contribution in [0.3, 0.4) is 0 Å². The van der Waals surface area contributed by atoms with E-state index in [9.17, 15) is 39.0 Å². The average Bonchev–Trinajstić information content (AvgIpc) is 3.32. The van der Waals surface area contributed by atoms with Crippen LogP contribution in [-0.4, -0.2) is 87.6 Å². The SMILES string of the molecule is CC(=O)O[C@@H]1[C@H]2[C@@H](OC(=O)c3ccccc3)[C@@H](C)C[C@]2(O)[C@H](OC(C)=O)[C@@]2(C)C3=C(C[C@]1(O)[C@@H]2OC(C)=O)C(=O)C(C)(C)[C@H]3OC(C)=O. The highest BCUT2D eigenvalue weighted by Crippen LogP contribution is 2.66. The van der Waals surface area contributed by atoms with E-state index in [1.54, 1.807) is 39.0 Å². The van der Waals surface area contributed by atoms with Crippen molar-refractivity contribution < 1.29 is 62.7 Å². The molecule has 13 heteroatoms. The lowest BCUT2D eigenvalue weighted by atomic mass is 9.58. The number of carbonyl (C=O) groups excluding carboxylic acids is 6. The molecule has 0 aliphatic heterocycles. The number of carbonyl (C=O) groups is 6. The van der Waals surface area contributed by atoms with E-state index in [0.29, 0.717) is 0 Å². The lowest BCUT2D eigenvalue weighted by molar-refractivity contribution is -0.226. The van der Waals surface area contributed by atoms with Gasteiger partial charge in [0.1, 0.15) is 41.7 Å². The van der Waals surface area contributed by atoms with Crippen molar-refractivity contribution in [3.8, 4) is 0 Å². The zero-order valence-electron chi connectivity index (χ0n) is 28.2. The van der Waals surface area contributed by atoms with Crippen molar-refractivity contribution in [3.63, 3.8) is 0 Å². The standard InChI is InChI=1S/C35H42O13/c1-16-14-34(42)24(25(16)48-29(41)21-12-10-9-11-13-21)28(45-18(3)37)35(43)15-22-23(27(44-17(2)36)32(6,7)26(22)40)33(8,30(34)46-19(4)38)31(35)47-20(5)39/h9-13,16,24-25,27-28,30-31,42-43H,14-15H2,1-8H3/t16-,24+,25-,27-,28+,30+,31+,33+,34+,35+/m0/s1. The third kappa shape index (κ3) is 5.22. The third-order valence-electron chi connectivity index (χ3n) is 10.5. The maximum absolute atomic E-state index is 14.2. The summed E-state index contributed by atoms with van der Waals surface area (Å²) in [5, 5.41) is 26.0. The maximum atomic E-state index is 14.2. The van der Waals surface area contributed by atoms with Crippen molar-refractivity contribution in [2.45, 2.75) is 110 Å². The quantitative estimate of drug-likeness (QED) is 0.332. The number of ketones is 1. The minimum absolute atomic E-state index is 0.0107. The Labute approximate surface area is 277 Å². The molecule has 5 rings (SSSR count). The molecule has 260 valence electrons. The van der Waals surface area contributed by atoms with Gasteiger partial charge in [0.05, 0.1) is 22.3 Å². The Balaban J connectivity index is 1.84. The molecule has 0 radical (unpaired) electrons. The van der Waals surface area contributed by atoms with Gasteiger partial charge < -0.3 is 33.9 Å². The molecule has 48 heavy (non-hydrogen) atoms. The fraction of sp³-hybridized carbons (Fsp3) is 0.600. The first-order chi connectivity index (χ1) is 22.2. The number of Topliss-reactive ketones (excluding diaryl/α,β-unsaturated/α-hetero) is 1. The minimum Gasteiger partial charge on any atom is -0.459 e. The van der Waals surface area contributed by atoms with Gasteiger partial charge in [0, 0.05) is 39.7 Å². The van der Waals surface area contributed by atoms with Crippen LogP contribution in [0.25, 0.3) is 0 Å². The number of esters is 5. The van der Waals surface area contributed by atoms with Crippen molar-refractivity contribution in [1.29, 1.82) is 0 Å². The number of fused-ring (bicyclic) bond motifs is 4. The van der Waals surface area contributed by atoms with Crippen LogP contribution in [-0.2, 0) is 47.7 Å². The Morgan fingerprint density at radius 1 is 0.750 bits per heavy atom. The molecule has 0 saturated heterocycles. The second-order valence-corrected chi connectivity index (χ2v) is 14.3. The number of aliphatic hydroxyl groups is 2. The van der Waals surface area contributed by atoms with Gasteiger partial charge in [0.25, 0.3) is 0 Å². The molecule has 13 nitrogen and oxygen atoms in total. The van der Waals surface area contributed by atoms with Gasteiger partial charge in [0.15, 0.2) is 5.78 Å². The summed E-state index contributed by atoms with van der Waals surface area (Å²) in [6.45, 7) is 10.7. The first-order valence-corrected chi connectivity index (χ1v) is 15.9. The second-order valence-electron chi connectivity index (χ2n) is 14.3. The van der Waals surface area contributed by atoms with Crippen LogP contribution in [0.4, 0.5) is 0 Å². The van der Waals surface area contributed by atoms with Gasteiger partial charge in [-0.1, -0.05) is 25.1 Å². The van der Waals surface area contributed by atoms with Crippen molar-refractivity contribution >= 4 is 35.6 Å². The first-order valence-electron chi connectivity index (χ1n) is 15.9. The monoisotopic (exact) mass is 670 g/mol. The summed E-state index contributed by atoms with van der Waals surface area (Å²) in [4.78, 5) is 78.8. The lowest BCUT2D eigenvalue weighted by Crippen LogP contribution is -2.66. The number of rotatable bonds is 6. The van der Waals surface area contributed by atoms with Crippen LogP contribution in [0, 0.1) is 22.7 Å². The van der Waals surface area contributed by atoms with Crippen LogP contribution < -0.4 is 0 Å². The molecule has 1 aromatic carbocycles. The molecule has 0 spiro atoms. The smallest absolute Gasteiger partial charge is 0.338 e. The summed E-state index contributed by atoms with van der Waals surface area (Å²) < 4.78 is 29.5. The number of ether oxygens (including phenoxy) is 5. The van der Waals surface area contributed by atoms with E-state index in [1.165, 1.54) is 19.1 Å². The van der Waals surface area contributed by atoms with Crippen molar-refractivity contribution in [2.24, 2.45) is 22.7 Å². The summed E-state index contributed by atoms with van der Waals surface area (Å²) in [6.07, 6.45) is -8.57. The zero-order valence-corrected chi connectivity index (χ0v) is 28.2. The van der Waals surface area contributed by atoms with Gasteiger partial charge in [0.2, 0.25) is 0 Å². The normalized spacial score (nSPS) is 37.8. The van der Waals surface area contributed by atoms with Crippen LogP contribution in [0.15, 0.2) is 41.5 Å². The van der Waals surface area contributed by atoms with E-state index < -0.39 is 106 Å². The molecule has 2 saturated carbocycles. The molecular weight excluding hydrogens is 628 g/mol. The Morgan fingerprint density at radius 2 is 1.27 bits per heavy atom. The van der Waals surface area contributed by atoms with E-state index in [0.717, 1.165) is 27.7 Å². The molecule has 2 fully saturated rings. The van der Waals surface area contributed by atoms with E-state index in [4.69, 9.17) is 23.7 Å². The molecule has 4 aliphatic rings. The largest absolute Gasteiger partial charge is 0.459 e. The fourth-order valence-corrected chi connectivity index (χ4v) is 8.91. The lowest BCUT2D eigenvalue weighted by Gasteiger charge is -2.53. The Bertz CT molecular complexity index is 1600. The molecule has 0 aromatic heterocycles. The summed E-state index contributed by atoms with van der Waals surface area (Å²) in [5.74, 6) is -6.82. The second kappa shape index (κ2) is 11.8. The molecule has 0 heterocycles. The minimum atomic E-state index is -2.46. The van der Waals surface area contributed by atoms with Gasteiger partial charge in [-0.05, 0) is 50.8 Å². The van der Waals surface area contributed by atoms with E-state index in [1.807, 2.05) is 0 Å². The Kier molecular flexibility index (Phi) is 8.65. The highest BCUT2D eigenvalue weighted by molar-refractivity contribution is 6.05. The van der Waals surface area contributed by atoms with Gasteiger partial charge >= 0.3 is 29.8 Å². The van der Waals surface area contributed by atoms with Crippen molar-refractivity contribution in [3.05, 3.63) is 47.0 Å². The number of benzene rings is 1. The first kappa shape index (κ1) is 35.2. The van der Waals surface area contributed by atoms with Gasteiger partial charge in [-0.15, -0.1) is 0 Å². The summed E-state index contributed by atoms with van der Waals surface area (Å²) >= 11 is 0. The zero-order chi connectivity index (χ0) is 35.7. The highest BCUT2D eigenvalue weighted by Gasteiger charge is 2.80. The molecule has 10 atom stereocenters. The maximum Gasteiger partial charge on any atom is 0.338 e. The summed E-state index contributed by atoms with van der Waals surface area (Å²) in [7, 11) is 0. The predicted molar refractivity (Wildman–Crippen MR) is 164 cm³/mol. The molecule has 2 bridgehead atoms. The van der Waals surface area contributed by atoms with E-state index >= 15 is 0 Å². The Morgan fingerprint density at radius 3 is 1.79 bits per heavy atom. The van der Waals surface area contributed by atoms with Crippen LogP contribution in [0.1, 0.15) is 78.6 Å². The summed E-state index contributed by atoms with van der Waals surface area (Å²) in [5.41, 5.74) is -7.80. The Hall–Kier alpha value is -4.10. The van der Waals surface area contributed by atoms with Crippen molar-refractivity contribution in [2.75, 3.05) is 0 Å². The van der Waals surface area contributed by atoms with Crippen LogP contribution in [0.2, 0.25) is 0 Å². The highest BCUT2D eigenvalue weighted by atomic mass is 16.6. The number of hydrogen-bond donors (Lipinski definition) is 2. The molecule has 1 aromatic rings. The van der Waals surface area contributed by atoms with Crippen LogP contribution >= 0.6 is 0 Å². The van der Waals surface area contributed by atoms with Crippen LogP contribution in [0.5, 0.6) is 0 Å². The summed E-state index contributed by atoms with van der Waals surface area (Å²) in [6, 6.07) is 8.04. The molecule has 2 N–H and O–H groups in total. The van der Waals surface area contributed by atoms with E-state index in [2.05, 4.69) is 0 Å². The number of hydrogen-bond acceptors (Lipinski definition) is 13. The molecular formula is C35H42O13. The third-order valence-corrected chi connectivity index (χ3v) is 10.5. The topological polar surface area (TPSA) is 189 Å². The molecule has 0 unspecified atom stereocenters.